The number of likely N-dealkylation sites (N-methyl/N-ethyl adjacent to an activating group) is 1. The Balaban J connectivity index is 1.84. The number of para-hydroxylation sites is 1. The van der Waals surface area contributed by atoms with Crippen LogP contribution < -0.4 is 4.90 Å². The molecule has 1 aliphatic heterocycles. The molecule has 0 fully saturated rings. The molecule has 3 rings (SSSR count). The Hall–Kier alpha value is -2.19. The second-order valence-electron chi connectivity index (χ2n) is 6.36. The summed E-state index contributed by atoms with van der Waals surface area (Å²) < 4.78 is 31.5. The Labute approximate surface area is 147 Å². The van der Waals surface area contributed by atoms with Gasteiger partial charge in [-0.25, -0.2) is 8.42 Å². The molecule has 0 N–H and O–H groups in total. The van der Waals surface area contributed by atoms with E-state index in [4.69, 9.17) is 4.52 Å². The molecule has 2 aromatic rings. The second-order valence-corrected chi connectivity index (χ2v) is 8.34. The number of benzene rings is 1. The number of hydrogen-bond donors (Lipinski definition) is 0. The zero-order chi connectivity index (χ0) is 18.4. The zero-order valence-electron chi connectivity index (χ0n) is 14.7. The number of fused-ring (bicyclic) bond motifs is 1. The van der Waals surface area contributed by atoms with E-state index in [2.05, 4.69) is 5.16 Å². The van der Waals surface area contributed by atoms with Crippen molar-refractivity contribution in [3.8, 4) is 0 Å². The summed E-state index contributed by atoms with van der Waals surface area (Å²) in [6, 6.07) is 7.69. The van der Waals surface area contributed by atoms with Crippen LogP contribution in [0.25, 0.3) is 0 Å². The van der Waals surface area contributed by atoms with Gasteiger partial charge < -0.3 is 9.42 Å². The third-order valence-electron chi connectivity index (χ3n) is 4.47. The van der Waals surface area contributed by atoms with E-state index in [9.17, 15) is 13.2 Å². The number of hydrogen-bond acceptors (Lipinski definition) is 5. The van der Waals surface area contributed by atoms with Gasteiger partial charge in [0.05, 0.1) is 6.54 Å². The molecule has 0 aliphatic carbocycles. The van der Waals surface area contributed by atoms with Crippen molar-refractivity contribution in [3.05, 3.63) is 41.3 Å². The fraction of sp³-hybridized carbons (Fsp3) is 0.412. The monoisotopic (exact) mass is 363 g/mol. The number of nitrogens with zero attached hydrogens (tertiary/aromatic N) is 3. The summed E-state index contributed by atoms with van der Waals surface area (Å²) >= 11 is 0. The lowest BCUT2D eigenvalue weighted by Gasteiger charge is -2.25. The van der Waals surface area contributed by atoms with Gasteiger partial charge in [0.1, 0.15) is 10.6 Å². The second kappa shape index (κ2) is 6.27. The van der Waals surface area contributed by atoms with Crippen LogP contribution in [0, 0.1) is 13.8 Å². The van der Waals surface area contributed by atoms with E-state index < -0.39 is 10.0 Å². The molecule has 0 bridgehead atoms. The number of anilines is 1. The lowest BCUT2D eigenvalue weighted by Crippen LogP contribution is -2.43. The van der Waals surface area contributed by atoms with Crippen LogP contribution >= 0.6 is 0 Å². The molecule has 1 aromatic heterocycles. The third kappa shape index (κ3) is 2.96. The molecule has 2 heterocycles. The molecule has 1 unspecified atom stereocenters. The molecular weight excluding hydrogens is 342 g/mol. The molecular formula is C17H21N3O4S. The number of carbonyl (C=O) groups is 1. The number of aryl methyl sites for hydroxylation is 2. The minimum atomic E-state index is -3.85. The van der Waals surface area contributed by atoms with E-state index in [1.807, 2.05) is 31.2 Å². The number of sulfonamides is 1. The lowest BCUT2D eigenvalue weighted by molar-refractivity contribution is -0.118. The van der Waals surface area contributed by atoms with Crippen LogP contribution in [-0.2, 0) is 21.2 Å². The van der Waals surface area contributed by atoms with Crippen molar-refractivity contribution in [1.29, 1.82) is 0 Å². The first-order valence-corrected chi connectivity index (χ1v) is 9.46. The normalized spacial score (nSPS) is 17.2. The Morgan fingerprint density at radius 3 is 2.68 bits per heavy atom. The summed E-state index contributed by atoms with van der Waals surface area (Å²) in [6.45, 7) is 4.82. The van der Waals surface area contributed by atoms with Gasteiger partial charge in [0.2, 0.25) is 15.9 Å². The minimum Gasteiger partial charge on any atom is -0.360 e. The third-order valence-corrected chi connectivity index (χ3v) is 6.52. The summed E-state index contributed by atoms with van der Waals surface area (Å²) in [4.78, 5) is 14.5. The maximum absolute atomic E-state index is 12.8. The number of rotatable bonds is 4. The first-order chi connectivity index (χ1) is 11.7. The van der Waals surface area contributed by atoms with E-state index in [1.54, 1.807) is 18.7 Å². The standard InChI is InChI=1S/C17H21N3O4S/c1-11-9-14-7-5-6-8-15(14)20(11)16(21)10-19(4)25(22,23)17-12(2)18-24-13(17)3/h5-8,11H,9-10H2,1-4H3. The van der Waals surface area contributed by atoms with Crippen LogP contribution in [0.4, 0.5) is 5.69 Å². The summed E-state index contributed by atoms with van der Waals surface area (Å²) in [5, 5.41) is 3.69. The molecule has 1 amide bonds. The van der Waals surface area contributed by atoms with E-state index in [0.29, 0.717) is 0 Å². The van der Waals surface area contributed by atoms with Crippen LogP contribution in [0.2, 0.25) is 0 Å². The maximum atomic E-state index is 12.8. The SMILES string of the molecule is Cc1noc(C)c1S(=O)(=O)N(C)CC(=O)N1c2ccccc2CC1C. The van der Waals surface area contributed by atoms with Gasteiger partial charge in [0, 0.05) is 18.8 Å². The maximum Gasteiger partial charge on any atom is 0.248 e. The van der Waals surface area contributed by atoms with Crippen molar-refractivity contribution in [3.63, 3.8) is 0 Å². The van der Waals surface area contributed by atoms with E-state index >= 15 is 0 Å². The first-order valence-electron chi connectivity index (χ1n) is 8.02. The molecule has 7 nitrogen and oxygen atoms in total. The highest BCUT2D eigenvalue weighted by Crippen LogP contribution is 2.32. The van der Waals surface area contributed by atoms with Crippen LogP contribution in [0.15, 0.2) is 33.7 Å². The quantitative estimate of drug-likeness (QED) is 0.828. The summed E-state index contributed by atoms with van der Waals surface area (Å²) in [6.07, 6.45) is 0.766. The first kappa shape index (κ1) is 17.6. The van der Waals surface area contributed by atoms with Gasteiger partial charge in [-0.3, -0.25) is 4.79 Å². The van der Waals surface area contributed by atoms with Crippen molar-refractivity contribution in [1.82, 2.24) is 9.46 Å². The molecule has 25 heavy (non-hydrogen) atoms. The fourth-order valence-electron chi connectivity index (χ4n) is 3.30. The van der Waals surface area contributed by atoms with Crippen LogP contribution in [0.5, 0.6) is 0 Å². The van der Waals surface area contributed by atoms with Crippen molar-refractivity contribution < 1.29 is 17.7 Å². The van der Waals surface area contributed by atoms with Crippen LogP contribution in [-0.4, -0.2) is 43.4 Å². The minimum absolute atomic E-state index is 0.0000632. The summed E-state index contributed by atoms with van der Waals surface area (Å²) in [5.41, 5.74) is 2.24. The van der Waals surface area contributed by atoms with Crippen molar-refractivity contribution in [2.75, 3.05) is 18.5 Å². The molecule has 1 aromatic carbocycles. The highest BCUT2D eigenvalue weighted by molar-refractivity contribution is 7.89. The van der Waals surface area contributed by atoms with Gasteiger partial charge in [0.25, 0.3) is 0 Å². The average molecular weight is 363 g/mol. The average Bonchev–Trinajstić information content (AvgIpc) is 3.05. The fourth-order valence-corrected chi connectivity index (χ4v) is 4.70. The largest absolute Gasteiger partial charge is 0.360 e. The van der Waals surface area contributed by atoms with E-state index in [0.717, 1.165) is 22.0 Å². The van der Waals surface area contributed by atoms with Gasteiger partial charge in [0.15, 0.2) is 5.76 Å². The lowest BCUT2D eigenvalue weighted by atomic mass is 10.1. The molecule has 0 spiro atoms. The van der Waals surface area contributed by atoms with Gasteiger partial charge in [-0.15, -0.1) is 0 Å². The van der Waals surface area contributed by atoms with Crippen molar-refractivity contribution >= 4 is 21.6 Å². The number of aromatic nitrogens is 1. The van der Waals surface area contributed by atoms with Crippen molar-refractivity contribution in [2.45, 2.75) is 38.1 Å². The van der Waals surface area contributed by atoms with Crippen LogP contribution in [0.3, 0.4) is 0 Å². The smallest absolute Gasteiger partial charge is 0.248 e. The molecule has 0 radical (unpaired) electrons. The van der Waals surface area contributed by atoms with Gasteiger partial charge in [-0.05, 0) is 38.8 Å². The molecule has 0 saturated heterocycles. The van der Waals surface area contributed by atoms with E-state index in [-0.39, 0.29) is 34.8 Å². The molecule has 8 heteroatoms. The summed E-state index contributed by atoms with van der Waals surface area (Å²) in [5.74, 6) is -0.0352. The molecule has 134 valence electrons. The van der Waals surface area contributed by atoms with Gasteiger partial charge in [-0.2, -0.15) is 4.31 Å². The topological polar surface area (TPSA) is 83.7 Å². The Bertz CT molecular complexity index is 900. The van der Waals surface area contributed by atoms with Gasteiger partial charge >= 0.3 is 0 Å². The number of carbonyl (C=O) groups excluding carboxylic acids is 1. The Kier molecular flexibility index (Phi) is 4.42. The molecule has 1 aliphatic rings. The zero-order valence-corrected chi connectivity index (χ0v) is 15.5. The Morgan fingerprint density at radius 2 is 2.04 bits per heavy atom. The molecule has 1 atom stereocenters. The van der Waals surface area contributed by atoms with Gasteiger partial charge in [-0.1, -0.05) is 23.4 Å². The molecule has 0 saturated carbocycles. The van der Waals surface area contributed by atoms with Crippen LogP contribution in [0.1, 0.15) is 23.9 Å². The summed E-state index contributed by atoms with van der Waals surface area (Å²) in [7, 11) is -2.45. The highest BCUT2D eigenvalue weighted by Gasteiger charge is 2.34. The number of amides is 1. The van der Waals surface area contributed by atoms with Crippen molar-refractivity contribution in [2.24, 2.45) is 0 Å². The Morgan fingerprint density at radius 1 is 1.36 bits per heavy atom. The highest BCUT2D eigenvalue weighted by atomic mass is 32.2. The predicted octanol–water partition coefficient (Wildman–Crippen LogP) is 1.89. The van der Waals surface area contributed by atoms with E-state index in [1.165, 1.54) is 7.05 Å². The predicted molar refractivity (Wildman–Crippen MR) is 92.9 cm³/mol.